The highest BCUT2D eigenvalue weighted by molar-refractivity contribution is 6.16. The van der Waals surface area contributed by atoms with E-state index in [1.54, 1.807) is 12.1 Å². The summed E-state index contributed by atoms with van der Waals surface area (Å²) in [7, 11) is 0. The van der Waals surface area contributed by atoms with Crippen LogP contribution in [-0.4, -0.2) is 25.0 Å². The first-order valence-corrected chi connectivity index (χ1v) is 5.25. The second kappa shape index (κ2) is 4.45. The van der Waals surface area contributed by atoms with E-state index in [1.807, 2.05) is 12.1 Å². The highest BCUT2D eigenvalue weighted by atomic mass is 16.5. The lowest BCUT2D eigenvalue weighted by atomic mass is 10.1. The third-order valence-electron chi connectivity index (χ3n) is 2.55. The van der Waals surface area contributed by atoms with Gasteiger partial charge in [-0.3, -0.25) is 9.59 Å². The van der Waals surface area contributed by atoms with Crippen molar-refractivity contribution in [2.45, 2.75) is 13.3 Å². The number of amides is 2. The number of hydrogen-bond acceptors (Lipinski definition) is 3. The predicted octanol–water partition coefficient (Wildman–Crippen LogP) is 1.14. The van der Waals surface area contributed by atoms with Gasteiger partial charge in [-0.25, -0.2) is 4.90 Å². The Balaban J connectivity index is 2.27. The molecule has 0 bridgehead atoms. The van der Waals surface area contributed by atoms with Crippen LogP contribution < -0.4 is 4.90 Å². The summed E-state index contributed by atoms with van der Waals surface area (Å²) in [5.41, 5.74) is 1.80. The van der Waals surface area contributed by atoms with Gasteiger partial charge < -0.3 is 4.74 Å². The van der Waals surface area contributed by atoms with Gasteiger partial charge in [0.2, 0.25) is 0 Å². The maximum Gasteiger partial charge on any atom is 0.259 e. The van der Waals surface area contributed by atoms with Gasteiger partial charge in [-0.2, -0.15) is 0 Å². The van der Waals surface area contributed by atoms with Crippen LogP contribution >= 0.6 is 0 Å². The molecule has 0 unspecified atom stereocenters. The summed E-state index contributed by atoms with van der Waals surface area (Å²) in [6.07, 6.45) is 0.936. The fourth-order valence-electron chi connectivity index (χ4n) is 1.66. The van der Waals surface area contributed by atoms with Crippen molar-refractivity contribution in [1.82, 2.24) is 0 Å². The number of aryl methyl sites for hydroxylation is 1. The van der Waals surface area contributed by atoms with Crippen molar-refractivity contribution in [3.05, 3.63) is 29.8 Å². The van der Waals surface area contributed by atoms with Crippen LogP contribution in [0, 0.1) is 0 Å². The van der Waals surface area contributed by atoms with E-state index in [0.717, 1.165) is 6.42 Å². The van der Waals surface area contributed by atoms with E-state index in [4.69, 9.17) is 4.74 Å². The van der Waals surface area contributed by atoms with E-state index in [-0.39, 0.29) is 25.0 Å². The number of hydrogen-bond donors (Lipinski definition) is 0. The monoisotopic (exact) mass is 219 g/mol. The minimum atomic E-state index is -0.305. The standard InChI is InChI=1S/C12H13NO3/c1-2-9-3-5-10(6-4-9)13-11(14)7-16-8-12(13)15/h3-6H,2,7-8H2,1H3. The Morgan fingerprint density at radius 1 is 1.12 bits per heavy atom. The van der Waals surface area contributed by atoms with E-state index in [2.05, 4.69) is 6.92 Å². The van der Waals surface area contributed by atoms with E-state index < -0.39 is 0 Å². The van der Waals surface area contributed by atoms with Crippen LogP contribution in [0.3, 0.4) is 0 Å². The van der Waals surface area contributed by atoms with Crippen molar-refractivity contribution in [3.63, 3.8) is 0 Å². The van der Waals surface area contributed by atoms with Crippen LogP contribution in [0.4, 0.5) is 5.69 Å². The summed E-state index contributed by atoms with van der Waals surface area (Å²) in [5, 5.41) is 0. The van der Waals surface area contributed by atoms with E-state index in [0.29, 0.717) is 5.69 Å². The topological polar surface area (TPSA) is 46.6 Å². The molecule has 1 fully saturated rings. The summed E-state index contributed by atoms with van der Waals surface area (Å²) >= 11 is 0. The first kappa shape index (κ1) is 10.8. The Morgan fingerprint density at radius 2 is 1.69 bits per heavy atom. The fourth-order valence-corrected chi connectivity index (χ4v) is 1.66. The molecule has 0 atom stereocenters. The van der Waals surface area contributed by atoms with E-state index >= 15 is 0 Å². The normalized spacial score (nSPS) is 16.7. The number of morpholine rings is 1. The second-order valence-electron chi connectivity index (χ2n) is 3.64. The average Bonchev–Trinajstić information content (AvgIpc) is 2.30. The quantitative estimate of drug-likeness (QED) is 0.701. The summed E-state index contributed by atoms with van der Waals surface area (Å²) in [6.45, 7) is 2.00. The first-order chi connectivity index (χ1) is 7.72. The van der Waals surface area contributed by atoms with Crippen LogP contribution in [0.25, 0.3) is 0 Å². The number of anilines is 1. The SMILES string of the molecule is CCc1ccc(N2C(=O)COCC2=O)cc1. The largest absolute Gasteiger partial charge is 0.362 e. The molecule has 0 spiro atoms. The van der Waals surface area contributed by atoms with Crippen molar-refractivity contribution >= 4 is 17.5 Å². The second-order valence-corrected chi connectivity index (χ2v) is 3.64. The molecule has 2 rings (SSSR count). The molecule has 1 aromatic carbocycles. The number of nitrogens with zero attached hydrogens (tertiary/aromatic N) is 1. The number of rotatable bonds is 2. The highest BCUT2D eigenvalue weighted by Gasteiger charge is 2.27. The molecule has 84 valence electrons. The van der Waals surface area contributed by atoms with Gasteiger partial charge in [0, 0.05) is 0 Å². The van der Waals surface area contributed by atoms with Crippen molar-refractivity contribution in [2.75, 3.05) is 18.1 Å². The van der Waals surface area contributed by atoms with Crippen LogP contribution in [0.15, 0.2) is 24.3 Å². The van der Waals surface area contributed by atoms with Gasteiger partial charge in [0.1, 0.15) is 13.2 Å². The molecule has 2 amide bonds. The number of imide groups is 1. The molecule has 16 heavy (non-hydrogen) atoms. The first-order valence-electron chi connectivity index (χ1n) is 5.25. The lowest BCUT2D eigenvalue weighted by molar-refractivity contribution is -0.138. The third-order valence-corrected chi connectivity index (χ3v) is 2.55. The zero-order chi connectivity index (χ0) is 11.5. The molecule has 1 heterocycles. The maximum atomic E-state index is 11.5. The van der Waals surface area contributed by atoms with Crippen molar-refractivity contribution < 1.29 is 14.3 Å². The minimum absolute atomic E-state index is 0.0265. The van der Waals surface area contributed by atoms with Crippen LogP contribution in [0.5, 0.6) is 0 Å². The van der Waals surface area contributed by atoms with Gasteiger partial charge in [0.25, 0.3) is 11.8 Å². The summed E-state index contributed by atoms with van der Waals surface area (Å²) in [4.78, 5) is 24.3. The smallest absolute Gasteiger partial charge is 0.259 e. The van der Waals surface area contributed by atoms with Crippen molar-refractivity contribution in [1.29, 1.82) is 0 Å². The van der Waals surface area contributed by atoms with Crippen LogP contribution in [-0.2, 0) is 20.7 Å². The molecule has 0 aliphatic carbocycles. The molecular formula is C12H13NO3. The van der Waals surface area contributed by atoms with Gasteiger partial charge in [-0.05, 0) is 24.1 Å². The molecule has 0 aromatic heterocycles. The lowest BCUT2D eigenvalue weighted by Gasteiger charge is -2.24. The Labute approximate surface area is 93.8 Å². The van der Waals surface area contributed by atoms with E-state index in [1.165, 1.54) is 10.5 Å². The van der Waals surface area contributed by atoms with Gasteiger partial charge in [0.15, 0.2) is 0 Å². The molecule has 4 heteroatoms. The van der Waals surface area contributed by atoms with Crippen molar-refractivity contribution in [3.8, 4) is 0 Å². The maximum absolute atomic E-state index is 11.5. The fraction of sp³-hybridized carbons (Fsp3) is 0.333. The highest BCUT2D eigenvalue weighted by Crippen LogP contribution is 2.18. The number of carbonyl (C=O) groups is 2. The van der Waals surface area contributed by atoms with Crippen LogP contribution in [0.1, 0.15) is 12.5 Å². The Kier molecular flexibility index (Phi) is 3.01. The number of carbonyl (C=O) groups excluding carboxylic acids is 2. The third kappa shape index (κ3) is 1.97. The summed E-state index contributed by atoms with van der Waals surface area (Å²) in [6, 6.07) is 7.43. The molecule has 4 nitrogen and oxygen atoms in total. The van der Waals surface area contributed by atoms with Crippen molar-refractivity contribution in [2.24, 2.45) is 0 Å². The zero-order valence-electron chi connectivity index (χ0n) is 9.10. The number of ether oxygens (including phenoxy) is 1. The summed E-state index contributed by atoms with van der Waals surface area (Å²) in [5.74, 6) is -0.610. The Bertz CT molecular complexity index is 395. The van der Waals surface area contributed by atoms with Gasteiger partial charge in [0.05, 0.1) is 5.69 Å². The molecule has 0 radical (unpaired) electrons. The number of benzene rings is 1. The Hall–Kier alpha value is -1.68. The molecule has 1 saturated heterocycles. The van der Waals surface area contributed by atoms with Gasteiger partial charge >= 0.3 is 0 Å². The average molecular weight is 219 g/mol. The molecular weight excluding hydrogens is 206 g/mol. The van der Waals surface area contributed by atoms with Gasteiger partial charge in [-0.15, -0.1) is 0 Å². The minimum Gasteiger partial charge on any atom is -0.362 e. The molecule has 0 saturated carbocycles. The summed E-state index contributed by atoms with van der Waals surface area (Å²) < 4.78 is 4.85. The molecule has 0 N–H and O–H groups in total. The van der Waals surface area contributed by atoms with E-state index in [9.17, 15) is 9.59 Å². The Morgan fingerprint density at radius 3 is 2.19 bits per heavy atom. The van der Waals surface area contributed by atoms with Crippen LogP contribution in [0.2, 0.25) is 0 Å². The lowest BCUT2D eigenvalue weighted by Crippen LogP contribution is -2.46. The van der Waals surface area contributed by atoms with Gasteiger partial charge in [-0.1, -0.05) is 19.1 Å². The zero-order valence-corrected chi connectivity index (χ0v) is 9.10. The molecule has 1 aliphatic heterocycles. The molecule has 1 aliphatic rings. The predicted molar refractivity (Wildman–Crippen MR) is 59.1 cm³/mol. The molecule has 1 aromatic rings.